The molecule has 6 aromatic carbocycles. The highest BCUT2D eigenvalue weighted by Gasteiger charge is 2.07. The molecule has 0 aliphatic rings. The number of fused-ring (bicyclic) bond motifs is 2. The molecule has 0 spiro atoms. The van der Waals surface area contributed by atoms with E-state index in [-0.39, 0.29) is 11.5 Å². The van der Waals surface area contributed by atoms with E-state index >= 15 is 0 Å². The minimum atomic E-state index is 0.179. The summed E-state index contributed by atoms with van der Waals surface area (Å²) in [5.41, 5.74) is 2.30. The molecule has 0 fully saturated rings. The Labute approximate surface area is 249 Å². The second-order valence-electron chi connectivity index (χ2n) is 9.18. The number of ether oxygens (including phenoxy) is 2. The third kappa shape index (κ3) is 7.14. The van der Waals surface area contributed by atoms with Crippen molar-refractivity contribution in [1.29, 1.82) is 0 Å². The fraction of sp³-hybridized carbons (Fsp3) is 0.0588. The normalized spacial score (nSPS) is 10.7. The van der Waals surface area contributed by atoms with E-state index in [9.17, 15) is 10.2 Å². The zero-order valence-electron chi connectivity index (χ0n) is 21.4. The molecule has 200 valence electrons. The summed E-state index contributed by atoms with van der Waals surface area (Å²) >= 11 is 6.84. The van der Waals surface area contributed by atoms with Crippen molar-refractivity contribution >= 4 is 53.4 Å². The first-order chi connectivity index (χ1) is 19.4. The number of phenols is 2. The lowest BCUT2D eigenvalue weighted by atomic mass is 10.1. The van der Waals surface area contributed by atoms with Crippen LogP contribution in [0.25, 0.3) is 21.5 Å². The monoisotopic (exact) mass is 656 g/mol. The molecule has 0 aliphatic carbocycles. The topological polar surface area (TPSA) is 58.9 Å². The molecule has 6 heteroatoms. The smallest absolute Gasteiger partial charge is 0.134 e. The van der Waals surface area contributed by atoms with Crippen LogP contribution >= 0.6 is 31.9 Å². The summed E-state index contributed by atoms with van der Waals surface area (Å²) in [6, 6.07) is 39.1. The number of hydrogen-bond donors (Lipinski definition) is 2. The molecule has 0 saturated carbocycles. The molecule has 0 aromatic heterocycles. The van der Waals surface area contributed by atoms with E-state index in [4.69, 9.17) is 9.47 Å². The Morgan fingerprint density at radius 2 is 1.07 bits per heavy atom. The summed E-state index contributed by atoms with van der Waals surface area (Å²) in [5.74, 6) is 2.06. The molecule has 4 nitrogen and oxygen atoms in total. The second-order valence-corrected chi connectivity index (χ2v) is 10.9. The van der Waals surface area contributed by atoms with Crippen LogP contribution in [-0.2, 0) is 13.2 Å². The molecular weight excluding hydrogens is 632 g/mol. The molecule has 6 rings (SSSR count). The minimum absolute atomic E-state index is 0.179. The average Bonchev–Trinajstić information content (AvgIpc) is 2.97. The van der Waals surface area contributed by atoms with Crippen LogP contribution in [0.15, 0.2) is 130 Å². The number of phenolic OH excluding ortho intramolecular Hbond substituents is 2. The van der Waals surface area contributed by atoms with Gasteiger partial charge in [-0.1, -0.05) is 72.8 Å². The Morgan fingerprint density at radius 1 is 0.500 bits per heavy atom. The van der Waals surface area contributed by atoms with Gasteiger partial charge < -0.3 is 19.7 Å². The van der Waals surface area contributed by atoms with Gasteiger partial charge in [-0.15, -0.1) is 0 Å². The lowest BCUT2D eigenvalue weighted by Gasteiger charge is -2.11. The lowest BCUT2D eigenvalue weighted by molar-refractivity contribution is 0.304. The van der Waals surface area contributed by atoms with Gasteiger partial charge in [0.1, 0.15) is 36.2 Å². The van der Waals surface area contributed by atoms with Crippen LogP contribution in [0.5, 0.6) is 23.0 Å². The third-order valence-electron chi connectivity index (χ3n) is 6.24. The van der Waals surface area contributed by atoms with E-state index in [0.717, 1.165) is 48.6 Å². The minimum Gasteiger partial charge on any atom is -0.508 e. The predicted octanol–water partition coefficient (Wildman–Crippen LogP) is 9.77. The Hall–Kier alpha value is -4.00. The maximum atomic E-state index is 9.38. The van der Waals surface area contributed by atoms with E-state index in [2.05, 4.69) is 80.4 Å². The van der Waals surface area contributed by atoms with Gasteiger partial charge in [-0.3, -0.25) is 0 Å². The standard InChI is InChI=1S/C24H19BrO2.C10H7BrO2/c25-23-14-20-11-12-22(26-16-18-7-3-1-4-8-18)13-21(20)15-24(23)27-17-19-9-5-2-6-10-19;11-9-4-6-1-2-8(12)3-7(6)5-10(9)13/h1-15H,16-17H2;1-5,12-13H. The van der Waals surface area contributed by atoms with Crippen molar-refractivity contribution in [2.45, 2.75) is 13.2 Å². The zero-order chi connectivity index (χ0) is 27.9. The molecule has 0 aliphatic heterocycles. The molecule has 0 unspecified atom stereocenters. The lowest BCUT2D eigenvalue weighted by Crippen LogP contribution is -1.96. The van der Waals surface area contributed by atoms with Crippen LogP contribution in [0.3, 0.4) is 0 Å². The van der Waals surface area contributed by atoms with E-state index < -0.39 is 0 Å². The second kappa shape index (κ2) is 12.9. The van der Waals surface area contributed by atoms with Gasteiger partial charge in [-0.05, 0) is 113 Å². The molecule has 40 heavy (non-hydrogen) atoms. The molecule has 0 atom stereocenters. The summed E-state index contributed by atoms with van der Waals surface area (Å²) < 4.78 is 13.6. The van der Waals surface area contributed by atoms with Crippen LogP contribution < -0.4 is 9.47 Å². The number of aromatic hydroxyl groups is 2. The molecule has 2 N–H and O–H groups in total. The summed E-state index contributed by atoms with van der Waals surface area (Å²) in [5, 5.41) is 22.6. The van der Waals surface area contributed by atoms with Gasteiger partial charge in [0, 0.05) is 0 Å². The van der Waals surface area contributed by atoms with E-state index in [1.165, 1.54) is 0 Å². The van der Waals surface area contributed by atoms with Gasteiger partial charge in [0.2, 0.25) is 0 Å². The number of halogens is 2. The first-order valence-electron chi connectivity index (χ1n) is 12.6. The first-order valence-corrected chi connectivity index (χ1v) is 14.2. The quantitative estimate of drug-likeness (QED) is 0.187. The summed E-state index contributed by atoms with van der Waals surface area (Å²) in [7, 11) is 0. The van der Waals surface area contributed by atoms with Crippen LogP contribution in [0.4, 0.5) is 0 Å². The SMILES string of the molecule is Brc1cc2ccc(OCc3ccccc3)cc2cc1OCc1ccccc1.Oc1ccc2cc(Br)c(O)cc2c1. The van der Waals surface area contributed by atoms with Crippen LogP contribution in [-0.4, -0.2) is 10.2 Å². The predicted molar refractivity (Wildman–Crippen MR) is 168 cm³/mol. The fourth-order valence-corrected chi connectivity index (χ4v) is 4.99. The number of rotatable bonds is 6. The van der Waals surface area contributed by atoms with Gasteiger partial charge in [0.25, 0.3) is 0 Å². The van der Waals surface area contributed by atoms with Gasteiger partial charge in [0.15, 0.2) is 0 Å². The zero-order valence-corrected chi connectivity index (χ0v) is 24.6. The third-order valence-corrected chi connectivity index (χ3v) is 7.49. The molecule has 6 aromatic rings. The van der Waals surface area contributed by atoms with Crippen molar-refractivity contribution in [2.24, 2.45) is 0 Å². The largest absolute Gasteiger partial charge is 0.508 e. The Bertz CT molecular complexity index is 1740. The van der Waals surface area contributed by atoms with Crippen molar-refractivity contribution in [3.05, 3.63) is 141 Å². The maximum absolute atomic E-state index is 9.38. The van der Waals surface area contributed by atoms with E-state index in [1.807, 2.05) is 48.5 Å². The highest BCUT2D eigenvalue weighted by atomic mass is 79.9. The van der Waals surface area contributed by atoms with Crippen LogP contribution in [0.1, 0.15) is 11.1 Å². The Kier molecular flexibility index (Phi) is 8.89. The molecule has 0 amide bonds. The molecule has 0 radical (unpaired) electrons. The Balaban J connectivity index is 0.000000207. The van der Waals surface area contributed by atoms with E-state index in [0.29, 0.717) is 17.7 Å². The number of benzene rings is 6. The Morgan fingerprint density at radius 3 is 1.75 bits per heavy atom. The van der Waals surface area contributed by atoms with Crippen LogP contribution in [0, 0.1) is 0 Å². The summed E-state index contributed by atoms with van der Waals surface area (Å²) in [4.78, 5) is 0. The summed E-state index contributed by atoms with van der Waals surface area (Å²) in [6.45, 7) is 1.09. The highest BCUT2D eigenvalue weighted by molar-refractivity contribution is 9.11. The first kappa shape index (κ1) is 27.6. The summed E-state index contributed by atoms with van der Waals surface area (Å²) in [6.07, 6.45) is 0. The molecular formula is C34H26Br2O4. The number of hydrogen-bond acceptors (Lipinski definition) is 4. The van der Waals surface area contributed by atoms with E-state index in [1.54, 1.807) is 24.3 Å². The molecule has 0 bridgehead atoms. The molecule has 0 saturated heterocycles. The van der Waals surface area contributed by atoms with Crippen molar-refractivity contribution in [1.82, 2.24) is 0 Å². The van der Waals surface area contributed by atoms with Gasteiger partial charge in [0.05, 0.1) is 8.95 Å². The van der Waals surface area contributed by atoms with Crippen molar-refractivity contribution in [3.63, 3.8) is 0 Å². The van der Waals surface area contributed by atoms with Gasteiger partial charge in [-0.25, -0.2) is 0 Å². The van der Waals surface area contributed by atoms with Gasteiger partial charge >= 0.3 is 0 Å². The van der Waals surface area contributed by atoms with Crippen molar-refractivity contribution < 1.29 is 19.7 Å². The maximum Gasteiger partial charge on any atom is 0.134 e. The fourth-order valence-electron chi connectivity index (χ4n) is 4.15. The highest BCUT2D eigenvalue weighted by Crippen LogP contribution is 2.33. The van der Waals surface area contributed by atoms with Crippen molar-refractivity contribution in [3.8, 4) is 23.0 Å². The van der Waals surface area contributed by atoms with Crippen LogP contribution in [0.2, 0.25) is 0 Å². The van der Waals surface area contributed by atoms with Gasteiger partial charge in [-0.2, -0.15) is 0 Å². The van der Waals surface area contributed by atoms with Crippen molar-refractivity contribution in [2.75, 3.05) is 0 Å². The average molecular weight is 658 g/mol. The molecule has 0 heterocycles.